The quantitative estimate of drug-likeness (QED) is 0.440. The maximum atomic E-state index is 12.0. The summed E-state index contributed by atoms with van der Waals surface area (Å²) in [4.78, 5) is 21.5. The molecule has 1 fully saturated rings. The Balaban J connectivity index is 1.79. The van der Waals surface area contributed by atoms with Gasteiger partial charge in [0.2, 0.25) is 5.91 Å². The van der Waals surface area contributed by atoms with Crippen molar-refractivity contribution in [3.8, 4) is 0 Å². The van der Waals surface area contributed by atoms with Gasteiger partial charge in [0.05, 0.1) is 0 Å². The number of anilines is 1. The average Bonchev–Trinajstić information content (AvgIpc) is 3.37. The van der Waals surface area contributed by atoms with Crippen LogP contribution in [-0.4, -0.2) is 61.2 Å². The zero-order valence-electron chi connectivity index (χ0n) is 19.6. The average molecular weight is 429 g/mol. The molecule has 0 aliphatic carbocycles. The van der Waals surface area contributed by atoms with E-state index in [1.807, 2.05) is 4.90 Å². The number of aliphatic imine (C=N–C) groups is 1. The number of guanidine groups is 1. The molecule has 2 heterocycles. The molecule has 2 N–H and O–H groups in total. The number of nitrogens with one attached hydrogen (secondary N) is 1. The fraction of sp³-hybridized carbons (Fsp3) is 0.680. The summed E-state index contributed by atoms with van der Waals surface area (Å²) in [7, 11) is 0. The minimum Gasteiger partial charge on any atom is -0.396 e. The van der Waals surface area contributed by atoms with Crippen molar-refractivity contribution in [2.45, 2.75) is 65.2 Å². The number of para-hydroxylation sites is 1. The van der Waals surface area contributed by atoms with Gasteiger partial charge in [-0.1, -0.05) is 32.0 Å². The Bertz CT molecular complexity index is 760. The lowest BCUT2D eigenvalue weighted by Gasteiger charge is -2.31. The van der Waals surface area contributed by atoms with Crippen LogP contribution in [0.5, 0.6) is 0 Å². The minimum absolute atomic E-state index is 0.0458. The van der Waals surface area contributed by atoms with Crippen molar-refractivity contribution >= 4 is 17.6 Å². The lowest BCUT2D eigenvalue weighted by Crippen LogP contribution is -2.42. The van der Waals surface area contributed by atoms with Crippen LogP contribution in [0, 0.1) is 5.41 Å². The lowest BCUT2D eigenvalue weighted by molar-refractivity contribution is -0.127. The number of fused-ring (bicyclic) bond motifs is 1. The van der Waals surface area contributed by atoms with E-state index in [1.54, 1.807) is 0 Å². The van der Waals surface area contributed by atoms with E-state index in [1.165, 1.54) is 11.3 Å². The van der Waals surface area contributed by atoms with Crippen LogP contribution in [0.4, 0.5) is 5.69 Å². The van der Waals surface area contributed by atoms with Crippen LogP contribution >= 0.6 is 0 Å². The molecule has 6 nitrogen and oxygen atoms in total. The SMILES string of the molecule is CCNC(=NCC(CC)(CC)CCO)N1CC(CCN2CCCC2=O)c2ccccc21. The van der Waals surface area contributed by atoms with Gasteiger partial charge in [-0.25, -0.2) is 0 Å². The third kappa shape index (κ3) is 5.40. The van der Waals surface area contributed by atoms with Crippen LogP contribution in [0.15, 0.2) is 29.3 Å². The van der Waals surface area contributed by atoms with E-state index in [9.17, 15) is 9.90 Å². The van der Waals surface area contributed by atoms with Crippen LogP contribution in [0.3, 0.4) is 0 Å². The predicted octanol–water partition coefficient (Wildman–Crippen LogP) is 3.76. The van der Waals surface area contributed by atoms with E-state index >= 15 is 0 Å². The first-order valence-corrected chi connectivity index (χ1v) is 12.1. The van der Waals surface area contributed by atoms with Gasteiger partial charge < -0.3 is 20.2 Å². The fourth-order valence-corrected chi connectivity index (χ4v) is 4.98. The fourth-order valence-electron chi connectivity index (χ4n) is 4.98. The van der Waals surface area contributed by atoms with Gasteiger partial charge in [0.25, 0.3) is 0 Å². The summed E-state index contributed by atoms with van der Waals surface area (Å²) in [5.74, 6) is 1.63. The number of hydrogen-bond acceptors (Lipinski definition) is 3. The van der Waals surface area contributed by atoms with Crippen molar-refractivity contribution < 1.29 is 9.90 Å². The first kappa shape index (κ1) is 23.6. The van der Waals surface area contributed by atoms with E-state index in [4.69, 9.17) is 4.99 Å². The second-order valence-electron chi connectivity index (χ2n) is 8.99. The van der Waals surface area contributed by atoms with Crippen molar-refractivity contribution in [3.63, 3.8) is 0 Å². The number of carbonyl (C=O) groups is 1. The summed E-state index contributed by atoms with van der Waals surface area (Å²) < 4.78 is 0. The van der Waals surface area contributed by atoms with Gasteiger partial charge in [-0.3, -0.25) is 9.79 Å². The van der Waals surface area contributed by atoms with Gasteiger partial charge in [0.15, 0.2) is 5.96 Å². The Morgan fingerprint density at radius 3 is 2.68 bits per heavy atom. The number of nitrogens with zero attached hydrogens (tertiary/aromatic N) is 3. The number of amides is 1. The number of rotatable bonds is 10. The highest BCUT2D eigenvalue weighted by atomic mass is 16.3. The Morgan fingerprint density at radius 2 is 2.03 bits per heavy atom. The summed E-state index contributed by atoms with van der Waals surface area (Å²) in [6.07, 6.45) is 5.48. The molecule has 1 unspecified atom stereocenters. The first-order chi connectivity index (χ1) is 15.1. The lowest BCUT2D eigenvalue weighted by atomic mass is 9.79. The largest absolute Gasteiger partial charge is 0.396 e. The van der Waals surface area contributed by atoms with Gasteiger partial charge in [0.1, 0.15) is 0 Å². The molecule has 0 spiro atoms. The molecule has 3 rings (SSSR count). The van der Waals surface area contributed by atoms with E-state index in [0.29, 0.717) is 24.8 Å². The molecule has 2 aliphatic rings. The molecule has 1 aromatic rings. The van der Waals surface area contributed by atoms with E-state index in [2.05, 4.69) is 55.3 Å². The van der Waals surface area contributed by atoms with Crippen molar-refractivity contribution in [1.29, 1.82) is 0 Å². The van der Waals surface area contributed by atoms with E-state index in [-0.39, 0.29) is 12.0 Å². The summed E-state index contributed by atoms with van der Waals surface area (Å²) >= 11 is 0. The molecule has 2 aliphatic heterocycles. The highest BCUT2D eigenvalue weighted by molar-refractivity contribution is 5.98. The Labute approximate surface area is 187 Å². The summed E-state index contributed by atoms with van der Waals surface area (Å²) in [5.41, 5.74) is 2.62. The minimum atomic E-state index is 0.0458. The Hall–Kier alpha value is -2.08. The molecule has 6 heteroatoms. The van der Waals surface area contributed by atoms with Gasteiger partial charge in [-0.2, -0.15) is 0 Å². The number of likely N-dealkylation sites (tertiary alicyclic amines) is 1. The number of aliphatic hydroxyl groups is 1. The van der Waals surface area contributed by atoms with Gasteiger partial charge in [0, 0.05) is 57.4 Å². The van der Waals surface area contributed by atoms with Gasteiger partial charge in [-0.15, -0.1) is 0 Å². The number of carbonyl (C=O) groups excluding carboxylic acids is 1. The first-order valence-electron chi connectivity index (χ1n) is 12.1. The topological polar surface area (TPSA) is 68.2 Å². The molecular weight excluding hydrogens is 388 g/mol. The van der Waals surface area contributed by atoms with Crippen LogP contribution in [0.1, 0.15) is 70.8 Å². The van der Waals surface area contributed by atoms with Crippen LogP contribution < -0.4 is 10.2 Å². The highest BCUT2D eigenvalue weighted by Crippen LogP contribution is 2.38. The van der Waals surface area contributed by atoms with Crippen molar-refractivity contribution in [2.75, 3.05) is 44.2 Å². The molecule has 0 aromatic heterocycles. The molecule has 0 saturated carbocycles. The Kier molecular flexibility index (Phi) is 8.35. The van der Waals surface area contributed by atoms with Crippen LogP contribution in [0.2, 0.25) is 0 Å². The standard InChI is InChI=1S/C25H40N4O2/c1-4-25(5-2,14-17-30)19-27-24(26-6-3)29-18-20(21-10-7-8-11-22(21)29)13-16-28-15-9-12-23(28)31/h7-8,10-11,20,30H,4-6,9,12-19H2,1-3H3,(H,26,27). The second kappa shape index (κ2) is 11.0. The molecule has 1 amide bonds. The van der Waals surface area contributed by atoms with Gasteiger partial charge in [-0.05, 0) is 56.1 Å². The number of hydrogen-bond donors (Lipinski definition) is 2. The van der Waals surface area contributed by atoms with Crippen LogP contribution in [-0.2, 0) is 4.79 Å². The second-order valence-corrected chi connectivity index (χ2v) is 8.99. The third-order valence-electron chi connectivity index (χ3n) is 7.29. The molecule has 1 aromatic carbocycles. The van der Waals surface area contributed by atoms with E-state index in [0.717, 1.165) is 64.2 Å². The molecule has 0 bridgehead atoms. The third-order valence-corrected chi connectivity index (χ3v) is 7.29. The molecular formula is C25H40N4O2. The molecule has 172 valence electrons. The molecule has 0 radical (unpaired) electrons. The van der Waals surface area contributed by atoms with Crippen LogP contribution in [0.25, 0.3) is 0 Å². The summed E-state index contributed by atoms with van der Waals surface area (Å²) in [5, 5.41) is 13.1. The zero-order valence-corrected chi connectivity index (χ0v) is 19.6. The number of aliphatic hydroxyl groups excluding tert-OH is 1. The smallest absolute Gasteiger partial charge is 0.222 e. The zero-order chi connectivity index (χ0) is 22.3. The monoisotopic (exact) mass is 428 g/mol. The van der Waals surface area contributed by atoms with Crippen molar-refractivity contribution in [3.05, 3.63) is 29.8 Å². The normalized spacial score (nSPS) is 19.3. The number of benzene rings is 1. The van der Waals surface area contributed by atoms with Crippen molar-refractivity contribution in [2.24, 2.45) is 10.4 Å². The van der Waals surface area contributed by atoms with Crippen molar-refractivity contribution in [1.82, 2.24) is 10.2 Å². The maximum absolute atomic E-state index is 12.0. The molecule has 31 heavy (non-hydrogen) atoms. The highest BCUT2D eigenvalue weighted by Gasteiger charge is 2.33. The van der Waals surface area contributed by atoms with E-state index < -0.39 is 0 Å². The van der Waals surface area contributed by atoms with Gasteiger partial charge >= 0.3 is 0 Å². The molecule has 1 saturated heterocycles. The predicted molar refractivity (Wildman–Crippen MR) is 128 cm³/mol. The maximum Gasteiger partial charge on any atom is 0.222 e. The summed E-state index contributed by atoms with van der Waals surface area (Å²) in [6.45, 7) is 10.9. The Morgan fingerprint density at radius 1 is 1.26 bits per heavy atom. The summed E-state index contributed by atoms with van der Waals surface area (Å²) in [6, 6.07) is 8.62. The molecule has 1 atom stereocenters.